The molecule has 0 aromatic carbocycles. The third-order valence-corrected chi connectivity index (χ3v) is 4.68. The summed E-state index contributed by atoms with van der Waals surface area (Å²) in [5.74, 6) is 0.854. The Morgan fingerprint density at radius 1 is 1.33 bits per heavy atom. The Morgan fingerprint density at radius 3 is 2.39 bits per heavy atom. The van der Waals surface area contributed by atoms with E-state index in [1.807, 2.05) is 0 Å². The lowest BCUT2D eigenvalue weighted by Crippen LogP contribution is -2.35. The van der Waals surface area contributed by atoms with E-state index in [0.29, 0.717) is 5.92 Å². The van der Waals surface area contributed by atoms with E-state index in [1.54, 1.807) is 0 Å². The second kappa shape index (κ2) is 7.16. The van der Waals surface area contributed by atoms with Gasteiger partial charge in [0.25, 0.3) is 0 Å². The average molecular weight is 254 g/mol. The Morgan fingerprint density at radius 2 is 1.94 bits per heavy atom. The standard InChI is InChI=1S/C16H30O2/c1-4-5-6-14-8-11-16(12-9-14,15(17)18)10-7-13(2)3/h13-14H,4-12H2,1-3H3,(H,17,18). The number of carboxylic acid groups (broad SMARTS) is 1. The van der Waals surface area contributed by atoms with Gasteiger partial charge in [-0.1, -0.05) is 40.0 Å². The molecule has 0 unspecified atom stereocenters. The van der Waals surface area contributed by atoms with Gasteiger partial charge in [0.1, 0.15) is 0 Å². The molecule has 1 saturated carbocycles. The van der Waals surface area contributed by atoms with Gasteiger partial charge in [0.15, 0.2) is 0 Å². The van der Waals surface area contributed by atoms with Crippen LogP contribution in [0.3, 0.4) is 0 Å². The number of rotatable bonds is 7. The van der Waals surface area contributed by atoms with Gasteiger partial charge in [0, 0.05) is 0 Å². The summed E-state index contributed by atoms with van der Waals surface area (Å²) in [7, 11) is 0. The topological polar surface area (TPSA) is 37.3 Å². The van der Waals surface area contributed by atoms with Crippen molar-refractivity contribution in [2.75, 3.05) is 0 Å². The van der Waals surface area contributed by atoms with Crippen LogP contribution in [0.15, 0.2) is 0 Å². The van der Waals surface area contributed by atoms with Gasteiger partial charge in [0.05, 0.1) is 5.41 Å². The molecule has 0 radical (unpaired) electrons. The van der Waals surface area contributed by atoms with Gasteiger partial charge in [-0.2, -0.15) is 0 Å². The quantitative estimate of drug-likeness (QED) is 0.703. The van der Waals surface area contributed by atoms with E-state index < -0.39 is 11.4 Å². The summed E-state index contributed by atoms with van der Waals surface area (Å²) in [5, 5.41) is 9.56. The molecule has 2 heteroatoms. The van der Waals surface area contributed by atoms with Gasteiger partial charge in [-0.25, -0.2) is 0 Å². The van der Waals surface area contributed by atoms with Crippen LogP contribution in [0.1, 0.15) is 78.6 Å². The summed E-state index contributed by atoms with van der Waals surface area (Å²) >= 11 is 0. The zero-order valence-corrected chi connectivity index (χ0v) is 12.4. The lowest BCUT2D eigenvalue weighted by atomic mass is 9.66. The molecule has 18 heavy (non-hydrogen) atoms. The molecule has 1 aliphatic rings. The molecule has 0 aromatic heterocycles. The number of hydrogen-bond donors (Lipinski definition) is 1. The van der Waals surface area contributed by atoms with Crippen molar-refractivity contribution in [3.8, 4) is 0 Å². The molecule has 0 bridgehead atoms. The van der Waals surface area contributed by atoms with Crippen molar-refractivity contribution in [2.45, 2.75) is 78.6 Å². The lowest BCUT2D eigenvalue weighted by Gasteiger charge is -2.37. The predicted molar refractivity (Wildman–Crippen MR) is 75.6 cm³/mol. The SMILES string of the molecule is CCCCC1CCC(CCC(C)C)(C(=O)O)CC1. The Labute approximate surface area is 112 Å². The van der Waals surface area contributed by atoms with Crippen LogP contribution < -0.4 is 0 Å². The fraction of sp³-hybridized carbons (Fsp3) is 0.938. The zero-order valence-electron chi connectivity index (χ0n) is 12.4. The summed E-state index contributed by atoms with van der Waals surface area (Å²) in [5.41, 5.74) is -0.396. The summed E-state index contributed by atoms with van der Waals surface area (Å²) in [6, 6.07) is 0. The second-order valence-electron chi connectivity index (χ2n) is 6.60. The highest BCUT2D eigenvalue weighted by Gasteiger charge is 2.41. The van der Waals surface area contributed by atoms with E-state index in [4.69, 9.17) is 0 Å². The van der Waals surface area contributed by atoms with Crippen LogP contribution in [0.4, 0.5) is 0 Å². The molecule has 0 saturated heterocycles. The van der Waals surface area contributed by atoms with Gasteiger partial charge in [0.2, 0.25) is 0 Å². The predicted octanol–water partition coefficient (Wildman–Crippen LogP) is 4.87. The van der Waals surface area contributed by atoms with Gasteiger partial charge in [-0.15, -0.1) is 0 Å². The first-order valence-corrected chi connectivity index (χ1v) is 7.73. The molecule has 0 amide bonds. The molecule has 0 atom stereocenters. The van der Waals surface area contributed by atoms with E-state index in [2.05, 4.69) is 20.8 Å². The minimum Gasteiger partial charge on any atom is -0.481 e. The molecule has 1 aliphatic carbocycles. The highest BCUT2D eigenvalue weighted by atomic mass is 16.4. The van der Waals surface area contributed by atoms with E-state index in [-0.39, 0.29) is 0 Å². The van der Waals surface area contributed by atoms with E-state index in [1.165, 1.54) is 19.3 Å². The van der Waals surface area contributed by atoms with Gasteiger partial charge in [-0.05, 0) is 50.4 Å². The first-order chi connectivity index (χ1) is 8.50. The molecule has 0 aromatic rings. The Hall–Kier alpha value is -0.530. The molecule has 0 aliphatic heterocycles. The van der Waals surface area contributed by atoms with Crippen molar-refractivity contribution in [3.05, 3.63) is 0 Å². The van der Waals surface area contributed by atoms with E-state index in [9.17, 15) is 9.90 Å². The molecule has 1 fully saturated rings. The smallest absolute Gasteiger partial charge is 0.309 e. The third kappa shape index (κ3) is 4.29. The molecule has 0 spiro atoms. The van der Waals surface area contributed by atoms with Crippen LogP contribution in [-0.2, 0) is 4.79 Å². The first-order valence-electron chi connectivity index (χ1n) is 7.73. The number of unbranched alkanes of at least 4 members (excludes halogenated alkanes) is 1. The fourth-order valence-corrected chi connectivity index (χ4v) is 3.15. The summed E-state index contributed by atoms with van der Waals surface area (Å²) in [6.45, 7) is 6.60. The summed E-state index contributed by atoms with van der Waals surface area (Å²) < 4.78 is 0. The van der Waals surface area contributed by atoms with Crippen molar-refractivity contribution in [1.82, 2.24) is 0 Å². The highest BCUT2D eigenvalue weighted by molar-refractivity contribution is 5.74. The molecule has 1 rings (SSSR count). The minimum atomic E-state index is -0.544. The van der Waals surface area contributed by atoms with Crippen molar-refractivity contribution in [1.29, 1.82) is 0 Å². The van der Waals surface area contributed by atoms with E-state index >= 15 is 0 Å². The Balaban J connectivity index is 2.49. The first kappa shape index (κ1) is 15.5. The van der Waals surface area contributed by atoms with E-state index in [0.717, 1.165) is 44.4 Å². The van der Waals surface area contributed by atoms with Gasteiger partial charge >= 0.3 is 5.97 Å². The van der Waals surface area contributed by atoms with Crippen molar-refractivity contribution < 1.29 is 9.90 Å². The lowest BCUT2D eigenvalue weighted by molar-refractivity contribution is -0.152. The molecule has 0 heterocycles. The molecule has 1 N–H and O–H groups in total. The fourth-order valence-electron chi connectivity index (χ4n) is 3.15. The van der Waals surface area contributed by atoms with Crippen LogP contribution in [0.25, 0.3) is 0 Å². The number of hydrogen-bond acceptors (Lipinski definition) is 1. The number of carbonyl (C=O) groups is 1. The van der Waals surface area contributed by atoms with Crippen LogP contribution >= 0.6 is 0 Å². The number of carboxylic acids is 1. The van der Waals surface area contributed by atoms with Gasteiger partial charge < -0.3 is 5.11 Å². The summed E-state index contributed by atoms with van der Waals surface area (Å²) in [6.07, 6.45) is 9.86. The monoisotopic (exact) mass is 254 g/mol. The van der Waals surface area contributed by atoms with Gasteiger partial charge in [-0.3, -0.25) is 4.79 Å². The van der Waals surface area contributed by atoms with Crippen LogP contribution in [0, 0.1) is 17.3 Å². The zero-order chi connectivity index (χ0) is 13.6. The molecular weight excluding hydrogens is 224 g/mol. The third-order valence-electron chi connectivity index (χ3n) is 4.68. The van der Waals surface area contributed by atoms with Crippen molar-refractivity contribution >= 4 is 5.97 Å². The van der Waals surface area contributed by atoms with Crippen molar-refractivity contribution in [3.63, 3.8) is 0 Å². The van der Waals surface area contributed by atoms with Crippen molar-refractivity contribution in [2.24, 2.45) is 17.3 Å². The largest absolute Gasteiger partial charge is 0.481 e. The van der Waals surface area contributed by atoms with Crippen LogP contribution in [0.2, 0.25) is 0 Å². The maximum atomic E-state index is 11.6. The summed E-state index contributed by atoms with van der Waals surface area (Å²) in [4.78, 5) is 11.6. The molecule has 106 valence electrons. The molecular formula is C16H30O2. The average Bonchev–Trinajstić information content (AvgIpc) is 2.35. The van der Waals surface area contributed by atoms with Crippen LogP contribution in [-0.4, -0.2) is 11.1 Å². The van der Waals surface area contributed by atoms with Crippen LogP contribution in [0.5, 0.6) is 0 Å². The number of aliphatic carboxylic acids is 1. The molecule has 2 nitrogen and oxygen atoms in total. The maximum absolute atomic E-state index is 11.6. The minimum absolute atomic E-state index is 0.396. The Bertz CT molecular complexity index is 250. The maximum Gasteiger partial charge on any atom is 0.309 e. The Kier molecular flexibility index (Phi) is 6.17. The normalized spacial score (nSPS) is 28.6. The second-order valence-corrected chi connectivity index (χ2v) is 6.60. The highest BCUT2D eigenvalue weighted by Crippen LogP contribution is 2.44.